The van der Waals surface area contributed by atoms with E-state index in [9.17, 15) is 0 Å². The van der Waals surface area contributed by atoms with Crippen LogP contribution in [0.5, 0.6) is 0 Å². The lowest BCUT2D eigenvalue weighted by Crippen LogP contribution is -2.21. The van der Waals surface area contributed by atoms with Gasteiger partial charge in [0.05, 0.1) is 6.20 Å². The predicted molar refractivity (Wildman–Crippen MR) is 72.8 cm³/mol. The highest BCUT2D eigenvalue weighted by atomic mass is 15.3. The zero-order valence-electron chi connectivity index (χ0n) is 11.5. The van der Waals surface area contributed by atoms with Crippen LogP contribution in [0.3, 0.4) is 0 Å². The van der Waals surface area contributed by atoms with Crippen LogP contribution in [-0.2, 0) is 6.54 Å². The van der Waals surface area contributed by atoms with Gasteiger partial charge in [-0.15, -0.1) is 0 Å². The first-order chi connectivity index (χ1) is 8.22. The van der Waals surface area contributed by atoms with Crippen LogP contribution < -0.4 is 5.73 Å². The summed E-state index contributed by atoms with van der Waals surface area (Å²) in [4.78, 5) is 0. The normalized spacial score (nSPS) is 13.2. The second-order valence-corrected chi connectivity index (χ2v) is 4.90. The minimum Gasteiger partial charge on any atom is -0.324 e. The Labute approximate surface area is 105 Å². The van der Waals surface area contributed by atoms with Crippen LogP contribution in [0.2, 0.25) is 0 Å². The number of aromatic nitrogens is 2. The number of aryl methyl sites for hydroxylation is 1. The molecular formula is C14H27N3. The highest BCUT2D eigenvalue weighted by Gasteiger charge is 2.19. The molecule has 0 radical (unpaired) electrons. The molecule has 1 aromatic rings. The van der Waals surface area contributed by atoms with E-state index in [0.717, 1.165) is 13.0 Å². The number of hydrogen-bond donors (Lipinski definition) is 1. The number of rotatable bonds is 8. The largest absolute Gasteiger partial charge is 0.324 e. The molecule has 98 valence electrons. The van der Waals surface area contributed by atoms with E-state index >= 15 is 0 Å². The van der Waals surface area contributed by atoms with Gasteiger partial charge in [0.15, 0.2) is 0 Å². The van der Waals surface area contributed by atoms with Crippen molar-refractivity contribution in [2.75, 3.05) is 0 Å². The number of nitrogens with two attached hydrogens (primary N) is 1. The van der Waals surface area contributed by atoms with Crippen molar-refractivity contribution in [3.05, 3.63) is 18.0 Å². The van der Waals surface area contributed by atoms with Crippen molar-refractivity contribution in [3.63, 3.8) is 0 Å². The van der Waals surface area contributed by atoms with Crippen molar-refractivity contribution >= 4 is 0 Å². The van der Waals surface area contributed by atoms with Gasteiger partial charge in [0.25, 0.3) is 0 Å². The minimum atomic E-state index is 0.153. The highest BCUT2D eigenvalue weighted by molar-refractivity contribution is 5.11. The highest BCUT2D eigenvalue weighted by Crippen LogP contribution is 2.27. The predicted octanol–water partition coefficient (Wildman–Crippen LogP) is 3.51. The van der Waals surface area contributed by atoms with E-state index in [4.69, 9.17) is 5.73 Å². The summed E-state index contributed by atoms with van der Waals surface area (Å²) in [5.41, 5.74) is 7.57. The first kappa shape index (κ1) is 14.2. The molecule has 2 N–H and O–H groups in total. The average Bonchev–Trinajstić information content (AvgIpc) is 2.77. The molecule has 17 heavy (non-hydrogen) atoms. The molecule has 0 amide bonds. The summed E-state index contributed by atoms with van der Waals surface area (Å²) in [6.45, 7) is 7.61. The summed E-state index contributed by atoms with van der Waals surface area (Å²) >= 11 is 0. The molecule has 0 saturated carbocycles. The van der Waals surface area contributed by atoms with Crippen LogP contribution in [0.25, 0.3) is 0 Å². The maximum atomic E-state index is 6.37. The Morgan fingerprint density at radius 3 is 2.35 bits per heavy atom. The quantitative estimate of drug-likeness (QED) is 0.752. The summed E-state index contributed by atoms with van der Waals surface area (Å²) in [6, 6.07) is 0.153. The van der Waals surface area contributed by atoms with Crippen molar-refractivity contribution in [1.29, 1.82) is 0 Å². The molecule has 0 aliphatic heterocycles. The fourth-order valence-corrected chi connectivity index (χ4v) is 2.42. The smallest absolute Gasteiger partial charge is 0.0537 e. The van der Waals surface area contributed by atoms with E-state index in [-0.39, 0.29) is 6.04 Å². The molecule has 1 rings (SSSR count). The molecule has 0 aromatic carbocycles. The molecule has 1 aromatic heterocycles. The second kappa shape index (κ2) is 7.49. The Morgan fingerprint density at radius 1 is 1.18 bits per heavy atom. The summed E-state index contributed by atoms with van der Waals surface area (Å²) in [5.74, 6) is 0.601. The SMILES string of the molecule is CCCC(CCC)C(N)c1cnn(CCC)c1. The monoisotopic (exact) mass is 237 g/mol. The maximum Gasteiger partial charge on any atom is 0.0537 e. The summed E-state index contributed by atoms with van der Waals surface area (Å²) < 4.78 is 2.00. The molecule has 1 unspecified atom stereocenters. The van der Waals surface area contributed by atoms with Gasteiger partial charge in [0.2, 0.25) is 0 Å². The Morgan fingerprint density at radius 2 is 1.82 bits per heavy atom. The van der Waals surface area contributed by atoms with Crippen LogP contribution in [0, 0.1) is 5.92 Å². The van der Waals surface area contributed by atoms with Crippen LogP contribution in [0.15, 0.2) is 12.4 Å². The van der Waals surface area contributed by atoms with E-state index in [1.54, 1.807) is 0 Å². The van der Waals surface area contributed by atoms with E-state index in [0.29, 0.717) is 5.92 Å². The lowest BCUT2D eigenvalue weighted by atomic mass is 9.88. The Bertz CT molecular complexity index is 300. The molecule has 0 spiro atoms. The molecule has 0 fully saturated rings. The van der Waals surface area contributed by atoms with Gasteiger partial charge >= 0.3 is 0 Å². The van der Waals surface area contributed by atoms with Gasteiger partial charge in [-0.1, -0.05) is 33.6 Å². The molecule has 0 aliphatic carbocycles. The standard InChI is InChI=1S/C14H27N3/c1-4-7-12(8-5-2)14(15)13-10-16-17(11-13)9-6-3/h10-12,14H,4-9,15H2,1-3H3. The molecular weight excluding hydrogens is 210 g/mol. The maximum absolute atomic E-state index is 6.37. The molecule has 3 heteroatoms. The van der Waals surface area contributed by atoms with Crippen molar-refractivity contribution in [2.45, 2.75) is 65.5 Å². The summed E-state index contributed by atoms with van der Waals surface area (Å²) in [5, 5.41) is 4.37. The van der Waals surface area contributed by atoms with Gasteiger partial charge in [-0.05, 0) is 25.2 Å². The van der Waals surface area contributed by atoms with Crippen molar-refractivity contribution < 1.29 is 0 Å². The lowest BCUT2D eigenvalue weighted by Gasteiger charge is -2.22. The third-order valence-electron chi connectivity index (χ3n) is 3.32. The van der Waals surface area contributed by atoms with Gasteiger partial charge in [-0.2, -0.15) is 5.10 Å². The van der Waals surface area contributed by atoms with E-state index < -0.39 is 0 Å². The van der Waals surface area contributed by atoms with Gasteiger partial charge in [-0.25, -0.2) is 0 Å². The molecule has 0 saturated heterocycles. The van der Waals surface area contributed by atoms with Crippen molar-refractivity contribution in [1.82, 2.24) is 9.78 Å². The molecule has 0 bridgehead atoms. The van der Waals surface area contributed by atoms with Gasteiger partial charge in [0, 0.05) is 24.3 Å². The molecule has 1 atom stereocenters. The number of nitrogens with zero attached hydrogens (tertiary/aromatic N) is 2. The van der Waals surface area contributed by atoms with E-state index in [1.165, 1.54) is 31.2 Å². The van der Waals surface area contributed by atoms with E-state index in [1.807, 2.05) is 10.9 Å². The Hall–Kier alpha value is -0.830. The molecule has 0 aliphatic rings. The van der Waals surface area contributed by atoms with Crippen molar-refractivity contribution in [2.24, 2.45) is 11.7 Å². The van der Waals surface area contributed by atoms with Crippen LogP contribution in [-0.4, -0.2) is 9.78 Å². The second-order valence-electron chi connectivity index (χ2n) is 4.90. The first-order valence-corrected chi connectivity index (χ1v) is 7.00. The average molecular weight is 237 g/mol. The zero-order valence-corrected chi connectivity index (χ0v) is 11.5. The topological polar surface area (TPSA) is 43.8 Å². The summed E-state index contributed by atoms with van der Waals surface area (Å²) in [7, 11) is 0. The first-order valence-electron chi connectivity index (χ1n) is 7.00. The Kier molecular flexibility index (Phi) is 6.27. The minimum absolute atomic E-state index is 0.153. The Balaban J connectivity index is 2.66. The fourth-order valence-electron chi connectivity index (χ4n) is 2.42. The molecule has 3 nitrogen and oxygen atoms in total. The lowest BCUT2D eigenvalue weighted by molar-refractivity contribution is 0.368. The fraction of sp³-hybridized carbons (Fsp3) is 0.786. The number of hydrogen-bond acceptors (Lipinski definition) is 2. The van der Waals surface area contributed by atoms with Crippen LogP contribution >= 0.6 is 0 Å². The van der Waals surface area contributed by atoms with Gasteiger partial charge in [-0.3, -0.25) is 4.68 Å². The van der Waals surface area contributed by atoms with Gasteiger partial charge < -0.3 is 5.73 Å². The third kappa shape index (κ3) is 4.15. The summed E-state index contributed by atoms with van der Waals surface area (Å²) in [6.07, 6.45) is 10.0. The zero-order chi connectivity index (χ0) is 12.7. The van der Waals surface area contributed by atoms with E-state index in [2.05, 4.69) is 32.1 Å². The third-order valence-corrected chi connectivity index (χ3v) is 3.32. The van der Waals surface area contributed by atoms with Gasteiger partial charge in [0.1, 0.15) is 0 Å². The van der Waals surface area contributed by atoms with Crippen molar-refractivity contribution in [3.8, 4) is 0 Å². The van der Waals surface area contributed by atoms with Crippen LogP contribution in [0.1, 0.15) is 64.5 Å². The van der Waals surface area contributed by atoms with Crippen LogP contribution in [0.4, 0.5) is 0 Å². The molecule has 1 heterocycles.